The minimum absolute atomic E-state index is 0.131. The summed E-state index contributed by atoms with van der Waals surface area (Å²) in [5.41, 5.74) is 5.95. The third-order valence-electron chi connectivity index (χ3n) is 3.39. The fraction of sp³-hybridized carbons (Fsp3) is 0.429. The highest BCUT2D eigenvalue weighted by molar-refractivity contribution is 5.84. The van der Waals surface area contributed by atoms with E-state index in [1.54, 1.807) is 12.1 Å². The summed E-state index contributed by atoms with van der Waals surface area (Å²) in [6.45, 7) is 3.14. The van der Waals surface area contributed by atoms with E-state index < -0.39 is 5.91 Å². The third-order valence-corrected chi connectivity index (χ3v) is 3.39. The smallest absolute Gasteiger partial charge is 0.236 e. The maximum atomic E-state index is 12.9. The highest BCUT2D eigenvalue weighted by atomic mass is 19.1. The highest BCUT2D eigenvalue weighted by Crippen LogP contribution is 2.16. The Morgan fingerprint density at radius 3 is 2.33 bits per heavy atom. The number of nitrogens with zero attached hydrogens (tertiary/aromatic N) is 2. The second-order valence-electron chi connectivity index (χ2n) is 4.98. The van der Waals surface area contributed by atoms with Crippen molar-refractivity contribution in [3.63, 3.8) is 0 Å². The van der Waals surface area contributed by atoms with Crippen LogP contribution in [0, 0.1) is 5.82 Å². The Morgan fingerprint density at radius 1 is 1.14 bits per heavy atom. The van der Waals surface area contributed by atoms with Gasteiger partial charge in [0.15, 0.2) is 0 Å². The molecule has 1 heterocycles. The van der Waals surface area contributed by atoms with Crippen LogP contribution in [0.25, 0.3) is 0 Å². The van der Waals surface area contributed by atoms with E-state index in [1.807, 2.05) is 4.90 Å². The van der Waals surface area contributed by atoms with E-state index in [9.17, 15) is 14.0 Å². The zero-order valence-corrected chi connectivity index (χ0v) is 11.7. The van der Waals surface area contributed by atoms with Gasteiger partial charge in [0.25, 0.3) is 0 Å². The summed E-state index contributed by atoms with van der Waals surface area (Å²) in [4.78, 5) is 26.3. The normalized spacial score (nSPS) is 15.8. The first-order valence-electron chi connectivity index (χ1n) is 6.82. The van der Waals surface area contributed by atoms with E-state index in [-0.39, 0.29) is 24.8 Å². The molecule has 2 rings (SSSR count). The SMILES string of the molecule is NC(=O)CNC(=O)CN1CCN(c2ccc(F)cc2)CC1. The lowest BCUT2D eigenvalue weighted by molar-refractivity contribution is -0.125. The molecule has 1 aromatic rings. The van der Waals surface area contributed by atoms with Crippen molar-refractivity contribution in [1.29, 1.82) is 0 Å². The predicted octanol–water partition coefficient (Wildman–Crippen LogP) is -0.451. The van der Waals surface area contributed by atoms with E-state index >= 15 is 0 Å². The molecule has 7 heteroatoms. The number of rotatable bonds is 5. The number of benzene rings is 1. The van der Waals surface area contributed by atoms with Crippen LogP contribution < -0.4 is 16.0 Å². The summed E-state index contributed by atoms with van der Waals surface area (Å²) in [6, 6.07) is 6.40. The van der Waals surface area contributed by atoms with Crippen LogP contribution >= 0.6 is 0 Å². The van der Waals surface area contributed by atoms with Gasteiger partial charge in [-0.25, -0.2) is 4.39 Å². The standard InChI is InChI=1S/C14H19FN4O2/c15-11-1-3-12(4-2-11)19-7-5-18(6-8-19)10-14(21)17-9-13(16)20/h1-4H,5-10H2,(H2,16,20)(H,17,21). The molecule has 0 aromatic heterocycles. The maximum Gasteiger partial charge on any atom is 0.236 e. The van der Waals surface area contributed by atoms with Crippen molar-refractivity contribution in [3.8, 4) is 0 Å². The fourth-order valence-electron chi connectivity index (χ4n) is 2.26. The summed E-state index contributed by atoms with van der Waals surface area (Å²) >= 11 is 0. The van der Waals surface area contributed by atoms with Gasteiger partial charge in [0.2, 0.25) is 11.8 Å². The second kappa shape index (κ2) is 7.03. The molecule has 21 heavy (non-hydrogen) atoms. The highest BCUT2D eigenvalue weighted by Gasteiger charge is 2.19. The molecule has 0 aliphatic carbocycles. The average Bonchev–Trinajstić information content (AvgIpc) is 2.47. The van der Waals surface area contributed by atoms with Gasteiger partial charge < -0.3 is 16.0 Å². The van der Waals surface area contributed by atoms with Crippen molar-refractivity contribution in [3.05, 3.63) is 30.1 Å². The average molecular weight is 294 g/mol. The van der Waals surface area contributed by atoms with Crippen molar-refractivity contribution in [1.82, 2.24) is 10.2 Å². The molecule has 2 amide bonds. The molecule has 114 valence electrons. The Labute approximate surface area is 122 Å². The molecule has 3 N–H and O–H groups in total. The van der Waals surface area contributed by atoms with Crippen LogP contribution in [0.1, 0.15) is 0 Å². The molecule has 6 nitrogen and oxygen atoms in total. The van der Waals surface area contributed by atoms with Crippen LogP contribution in [-0.2, 0) is 9.59 Å². The Morgan fingerprint density at radius 2 is 1.76 bits per heavy atom. The Kier molecular flexibility index (Phi) is 5.10. The summed E-state index contributed by atoms with van der Waals surface area (Å²) in [7, 11) is 0. The Balaban J connectivity index is 1.76. The van der Waals surface area contributed by atoms with E-state index in [0.29, 0.717) is 0 Å². The number of nitrogens with two attached hydrogens (primary N) is 1. The predicted molar refractivity (Wildman–Crippen MR) is 77.3 cm³/mol. The molecule has 1 saturated heterocycles. The Bertz CT molecular complexity index is 498. The number of anilines is 1. The maximum absolute atomic E-state index is 12.9. The molecule has 0 unspecified atom stereocenters. The molecule has 0 atom stereocenters. The lowest BCUT2D eigenvalue weighted by Crippen LogP contribution is -2.50. The topological polar surface area (TPSA) is 78.7 Å². The van der Waals surface area contributed by atoms with Crippen molar-refractivity contribution in [2.24, 2.45) is 5.73 Å². The largest absolute Gasteiger partial charge is 0.369 e. The zero-order valence-electron chi connectivity index (χ0n) is 11.7. The number of carbonyl (C=O) groups excluding carboxylic acids is 2. The van der Waals surface area contributed by atoms with Gasteiger partial charge in [0.05, 0.1) is 13.1 Å². The van der Waals surface area contributed by atoms with Gasteiger partial charge in [0.1, 0.15) is 5.82 Å². The minimum atomic E-state index is -0.551. The van der Waals surface area contributed by atoms with Gasteiger partial charge in [-0.2, -0.15) is 0 Å². The molecular weight excluding hydrogens is 275 g/mol. The Hall–Kier alpha value is -2.15. The monoisotopic (exact) mass is 294 g/mol. The summed E-state index contributed by atoms with van der Waals surface area (Å²) in [6.07, 6.45) is 0. The number of carbonyl (C=O) groups is 2. The first-order valence-corrected chi connectivity index (χ1v) is 6.82. The van der Waals surface area contributed by atoms with Gasteiger partial charge in [-0.1, -0.05) is 0 Å². The summed E-state index contributed by atoms with van der Waals surface area (Å²) in [5, 5.41) is 2.47. The first-order chi connectivity index (χ1) is 10.0. The van der Waals surface area contributed by atoms with Gasteiger partial charge in [-0.3, -0.25) is 14.5 Å². The van der Waals surface area contributed by atoms with Crippen LogP contribution in [0.5, 0.6) is 0 Å². The molecule has 1 aromatic carbocycles. The zero-order chi connectivity index (χ0) is 15.2. The van der Waals surface area contributed by atoms with Gasteiger partial charge >= 0.3 is 0 Å². The van der Waals surface area contributed by atoms with Crippen molar-refractivity contribution >= 4 is 17.5 Å². The molecule has 1 fully saturated rings. The first kappa shape index (κ1) is 15.2. The van der Waals surface area contributed by atoms with Crippen LogP contribution in [-0.4, -0.2) is 56.0 Å². The number of hydrogen-bond acceptors (Lipinski definition) is 4. The number of hydrogen-bond donors (Lipinski definition) is 2. The van der Waals surface area contributed by atoms with Crippen LogP contribution in [0.15, 0.2) is 24.3 Å². The van der Waals surface area contributed by atoms with Gasteiger partial charge in [-0.15, -0.1) is 0 Å². The van der Waals surface area contributed by atoms with E-state index in [4.69, 9.17) is 5.73 Å². The van der Waals surface area contributed by atoms with E-state index in [2.05, 4.69) is 10.2 Å². The van der Waals surface area contributed by atoms with E-state index in [0.717, 1.165) is 31.9 Å². The molecule has 1 aliphatic heterocycles. The minimum Gasteiger partial charge on any atom is -0.369 e. The van der Waals surface area contributed by atoms with Crippen LogP contribution in [0.2, 0.25) is 0 Å². The molecule has 0 saturated carbocycles. The number of nitrogens with one attached hydrogen (secondary N) is 1. The van der Waals surface area contributed by atoms with Gasteiger partial charge in [0, 0.05) is 31.9 Å². The lowest BCUT2D eigenvalue weighted by atomic mass is 10.2. The number of amides is 2. The number of primary amides is 1. The summed E-state index contributed by atoms with van der Waals surface area (Å²) in [5.74, 6) is -1.00. The number of piperazine rings is 1. The fourth-order valence-corrected chi connectivity index (χ4v) is 2.26. The third kappa shape index (κ3) is 4.71. The van der Waals surface area contributed by atoms with Crippen molar-refractivity contribution in [2.75, 3.05) is 44.2 Å². The second-order valence-corrected chi connectivity index (χ2v) is 4.98. The number of halogens is 1. The summed E-state index contributed by atoms with van der Waals surface area (Å²) < 4.78 is 12.9. The quantitative estimate of drug-likeness (QED) is 0.771. The van der Waals surface area contributed by atoms with Gasteiger partial charge in [-0.05, 0) is 24.3 Å². The molecule has 0 radical (unpaired) electrons. The van der Waals surface area contributed by atoms with Crippen molar-refractivity contribution in [2.45, 2.75) is 0 Å². The molecule has 1 aliphatic rings. The lowest BCUT2D eigenvalue weighted by Gasteiger charge is -2.35. The molecular formula is C14H19FN4O2. The van der Waals surface area contributed by atoms with Crippen LogP contribution in [0.3, 0.4) is 0 Å². The molecule has 0 spiro atoms. The van der Waals surface area contributed by atoms with E-state index in [1.165, 1.54) is 12.1 Å². The molecule has 0 bridgehead atoms. The van der Waals surface area contributed by atoms with Crippen molar-refractivity contribution < 1.29 is 14.0 Å². The van der Waals surface area contributed by atoms with Crippen LogP contribution in [0.4, 0.5) is 10.1 Å².